The third-order valence-corrected chi connectivity index (χ3v) is 6.02. The van der Waals surface area contributed by atoms with Crippen LogP contribution in [0.25, 0.3) is 0 Å². The number of hydrogen-bond donors (Lipinski definition) is 1. The number of hydrogen-bond acceptors (Lipinski definition) is 3. The van der Waals surface area contributed by atoms with Crippen molar-refractivity contribution >= 4 is 46.8 Å². The van der Waals surface area contributed by atoms with Crippen molar-refractivity contribution in [2.24, 2.45) is 0 Å². The van der Waals surface area contributed by atoms with E-state index >= 15 is 0 Å². The summed E-state index contributed by atoms with van der Waals surface area (Å²) >= 11 is 13.5. The van der Waals surface area contributed by atoms with Gasteiger partial charge >= 0.3 is 0 Å². The average Bonchev–Trinajstić information content (AvgIpc) is 2.69. The smallest absolute Gasteiger partial charge is 0.242 e. The van der Waals surface area contributed by atoms with E-state index in [4.69, 9.17) is 23.2 Å². The number of halogens is 3. The number of carbonyl (C=O) groups is 2. The number of thioether (sulfide) groups is 1. The highest BCUT2D eigenvalue weighted by molar-refractivity contribution is 7.99. The Labute approximate surface area is 184 Å². The Morgan fingerprint density at radius 3 is 2.48 bits per heavy atom. The molecule has 156 valence electrons. The van der Waals surface area contributed by atoms with Gasteiger partial charge in [0.25, 0.3) is 0 Å². The van der Waals surface area contributed by atoms with Gasteiger partial charge in [0.15, 0.2) is 0 Å². The van der Waals surface area contributed by atoms with Crippen LogP contribution >= 0.6 is 35.0 Å². The van der Waals surface area contributed by atoms with Crippen LogP contribution in [0.3, 0.4) is 0 Å². The largest absolute Gasteiger partial charge is 0.355 e. The summed E-state index contributed by atoms with van der Waals surface area (Å²) in [6.45, 7) is 4.17. The zero-order valence-corrected chi connectivity index (χ0v) is 18.6. The molecule has 0 radical (unpaired) electrons. The molecule has 2 aromatic rings. The van der Waals surface area contributed by atoms with Gasteiger partial charge in [-0.3, -0.25) is 9.59 Å². The van der Waals surface area contributed by atoms with Gasteiger partial charge in [-0.2, -0.15) is 0 Å². The maximum Gasteiger partial charge on any atom is 0.242 e. The summed E-state index contributed by atoms with van der Waals surface area (Å²) in [6, 6.07) is 11.0. The van der Waals surface area contributed by atoms with E-state index in [1.807, 2.05) is 19.1 Å². The average molecular weight is 457 g/mol. The lowest BCUT2D eigenvalue weighted by atomic mass is 10.1. The number of nitrogens with one attached hydrogen (secondary N) is 1. The van der Waals surface area contributed by atoms with E-state index < -0.39 is 11.9 Å². The van der Waals surface area contributed by atoms with E-state index in [1.54, 1.807) is 25.1 Å². The normalized spacial score (nSPS) is 11.8. The minimum absolute atomic E-state index is 0.0822. The molecule has 0 aliphatic heterocycles. The van der Waals surface area contributed by atoms with Gasteiger partial charge in [0.1, 0.15) is 11.9 Å². The summed E-state index contributed by atoms with van der Waals surface area (Å²) < 4.78 is 13.9. The van der Waals surface area contributed by atoms with Gasteiger partial charge in [-0.15, -0.1) is 11.8 Å². The van der Waals surface area contributed by atoms with Crippen molar-refractivity contribution in [2.45, 2.75) is 32.2 Å². The number of nitrogens with zero attached hydrogens (tertiary/aromatic N) is 1. The van der Waals surface area contributed by atoms with Crippen LogP contribution in [0, 0.1) is 5.82 Å². The minimum atomic E-state index is -0.670. The maximum atomic E-state index is 13.9. The maximum absolute atomic E-state index is 13.9. The Morgan fingerprint density at radius 1 is 1.14 bits per heavy atom. The van der Waals surface area contributed by atoms with Gasteiger partial charge < -0.3 is 10.2 Å². The lowest BCUT2D eigenvalue weighted by molar-refractivity contribution is -0.138. The van der Waals surface area contributed by atoms with Crippen molar-refractivity contribution in [3.8, 4) is 0 Å². The van der Waals surface area contributed by atoms with E-state index in [1.165, 1.54) is 28.8 Å². The van der Waals surface area contributed by atoms with Crippen LogP contribution in [0.1, 0.15) is 25.0 Å². The molecule has 0 spiro atoms. The molecule has 1 N–H and O–H groups in total. The first kappa shape index (κ1) is 23.5. The molecule has 4 nitrogen and oxygen atoms in total. The standard InChI is InChI=1S/C21H23Cl2FN2O2S/c1-3-25-21(28)14(2)26(11-15-7-4-5-8-17(15)22)20(27)13-29-12-16-18(23)9-6-10-19(16)24/h4-10,14H,3,11-13H2,1-2H3,(H,25,28)/t14-/m1/s1. The van der Waals surface area contributed by atoms with Gasteiger partial charge in [-0.25, -0.2) is 4.39 Å². The fourth-order valence-electron chi connectivity index (χ4n) is 2.71. The molecule has 0 fully saturated rings. The monoisotopic (exact) mass is 456 g/mol. The molecule has 0 bridgehead atoms. The molecule has 0 aliphatic rings. The van der Waals surface area contributed by atoms with Crippen LogP contribution in [0.2, 0.25) is 10.0 Å². The molecule has 2 amide bonds. The molecule has 2 rings (SSSR count). The zero-order valence-electron chi connectivity index (χ0n) is 16.3. The number of likely N-dealkylation sites (N-methyl/N-ethyl adjacent to an activating group) is 1. The molecule has 1 atom stereocenters. The summed E-state index contributed by atoms with van der Waals surface area (Å²) in [7, 11) is 0. The molecular formula is C21H23Cl2FN2O2S. The number of amides is 2. The van der Waals surface area contributed by atoms with E-state index in [9.17, 15) is 14.0 Å². The Kier molecular flexibility index (Phi) is 9.27. The molecule has 0 saturated carbocycles. The van der Waals surface area contributed by atoms with Crippen LogP contribution in [-0.4, -0.2) is 35.1 Å². The van der Waals surface area contributed by atoms with E-state index in [0.717, 1.165) is 5.56 Å². The van der Waals surface area contributed by atoms with Crippen LogP contribution in [-0.2, 0) is 21.9 Å². The van der Waals surface area contributed by atoms with Crippen LogP contribution in [0.4, 0.5) is 4.39 Å². The van der Waals surface area contributed by atoms with Gasteiger partial charge in [-0.05, 0) is 37.6 Å². The van der Waals surface area contributed by atoms with Crippen molar-refractivity contribution in [2.75, 3.05) is 12.3 Å². The van der Waals surface area contributed by atoms with Gasteiger partial charge in [0, 0.05) is 34.5 Å². The summed E-state index contributed by atoms with van der Waals surface area (Å²) in [5.74, 6) is -0.539. The van der Waals surface area contributed by atoms with Crippen LogP contribution in [0.5, 0.6) is 0 Å². The molecule has 0 unspecified atom stereocenters. The second kappa shape index (κ2) is 11.4. The highest BCUT2D eigenvalue weighted by atomic mass is 35.5. The van der Waals surface area contributed by atoms with Crippen molar-refractivity contribution in [3.63, 3.8) is 0 Å². The van der Waals surface area contributed by atoms with Crippen molar-refractivity contribution in [1.29, 1.82) is 0 Å². The summed E-state index contributed by atoms with van der Waals surface area (Å²) in [4.78, 5) is 26.7. The van der Waals surface area contributed by atoms with Crippen LogP contribution < -0.4 is 5.32 Å². The second-order valence-electron chi connectivity index (χ2n) is 6.38. The number of carbonyl (C=O) groups excluding carboxylic acids is 2. The third-order valence-electron chi connectivity index (χ3n) is 4.35. The fraction of sp³-hybridized carbons (Fsp3) is 0.333. The third kappa shape index (κ3) is 6.63. The van der Waals surface area contributed by atoms with E-state index in [-0.39, 0.29) is 29.9 Å². The first-order valence-electron chi connectivity index (χ1n) is 9.16. The molecule has 2 aromatic carbocycles. The Bertz CT molecular complexity index is 846. The summed E-state index contributed by atoms with van der Waals surface area (Å²) in [5.41, 5.74) is 1.11. The van der Waals surface area contributed by atoms with Crippen molar-refractivity contribution < 1.29 is 14.0 Å². The SMILES string of the molecule is CCNC(=O)[C@@H](C)N(Cc1ccccc1Cl)C(=O)CSCc1c(F)cccc1Cl. The molecule has 0 heterocycles. The highest BCUT2D eigenvalue weighted by Gasteiger charge is 2.26. The molecule has 0 saturated heterocycles. The zero-order chi connectivity index (χ0) is 21.4. The fourth-order valence-corrected chi connectivity index (χ4v) is 4.15. The van der Waals surface area contributed by atoms with E-state index in [0.29, 0.717) is 22.2 Å². The summed E-state index contributed by atoms with van der Waals surface area (Å²) in [5, 5.41) is 3.59. The summed E-state index contributed by atoms with van der Waals surface area (Å²) in [6.07, 6.45) is 0. The first-order valence-corrected chi connectivity index (χ1v) is 11.1. The number of rotatable bonds is 9. The molecule has 0 aromatic heterocycles. The predicted molar refractivity (Wildman–Crippen MR) is 118 cm³/mol. The second-order valence-corrected chi connectivity index (χ2v) is 8.18. The molecular weight excluding hydrogens is 434 g/mol. The molecule has 29 heavy (non-hydrogen) atoms. The van der Waals surface area contributed by atoms with Gasteiger partial charge in [0.05, 0.1) is 5.75 Å². The Hall–Kier alpha value is -1.76. The van der Waals surface area contributed by atoms with Crippen molar-refractivity contribution in [1.82, 2.24) is 10.2 Å². The minimum Gasteiger partial charge on any atom is -0.355 e. The lowest BCUT2D eigenvalue weighted by Gasteiger charge is -2.29. The van der Waals surface area contributed by atoms with Gasteiger partial charge in [-0.1, -0.05) is 47.5 Å². The Morgan fingerprint density at radius 2 is 1.83 bits per heavy atom. The lowest BCUT2D eigenvalue weighted by Crippen LogP contribution is -2.48. The van der Waals surface area contributed by atoms with E-state index in [2.05, 4.69) is 5.32 Å². The quantitative estimate of drug-likeness (QED) is 0.582. The molecule has 0 aliphatic carbocycles. The molecule has 8 heteroatoms. The topological polar surface area (TPSA) is 49.4 Å². The number of benzene rings is 2. The Balaban J connectivity index is 2.11. The predicted octanol–water partition coefficient (Wildman–Crippen LogP) is 4.92. The highest BCUT2D eigenvalue weighted by Crippen LogP contribution is 2.25. The van der Waals surface area contributed by atoms with Gasteiger partial charge in [0.2, 0.25) is 11.8 Å². The van der Waals surface area contributed by atoms with Crippen molar-refractivity contribution in [3.05, 3.63) is 69.5 Å². The first-order chi connectivity index (χ1) is 13.8. The van der Waals surface area contributed by atoms with Crippen LogP contribution in [0.15, 0.2) is 42.5 Å².